The third-order valence-corrected chi connectivity index (χ3v) is 28.1. The Morgan fingerprint density at radius 2 is 0.857 bits per heavy atom. The number of rotatable bonds is 0. The molecule has 1 fully saturated rings. The lowest BCUT2D eigenvalue weighted by Crippen LogP contribution is -2.46. The lowest BCUT2D eigenvalue weighted by molar-refractivity contribution is 1.42. The molecule has 0 atom stereocenters. The first-order chi connectivity index (χ1) is 6.20. The van der Waals surface area contributed by atoms with Crippen LogP contribution >= 0.6 is 0 Å². The zero-order chi connectivity index (χ0) is 11.0. The molecule has 82 valence electrons. The highest BCUT2D eigenvalue weighted by molar-refractivity contribution is 7.04. The fourth-order valence-electron chi connectivity index (χ4n) is 3.52. The summed E-state index contributed by atoms with van der Waals surface area (Å²) in [4.78, 5) is 0. The summed E-state index contributed by atoms with van der Waals surface area (Å²) in [6.07, 6.45) is 0. The molecule has 0 spiro atoms. The van der Waals surface area contributed by atoms with Crippen LogP contribution in [0.1, 0.15) is 0 Å². The normalized spacial score (nSPS) is 29.6. The largest absolute Gasteiger partial charge is 0.0715 e. The molecule has 0 aromatic heterocycles. The summed E-state index contributed by atoms with van der Waals surface area (Å²) >= 11 is 0. The third-order valence-electron chi connectivity index (χ3n) is 3.12. The Hall–Kier alpha value is 0.868. The van der Waals surface area contributed by atoms with E-state index in [4.69, 9.17) is 0 Å². The number of hydrogen-bond donors (Lipinski definition) is 0. The van der Waals surface area contributed by atoms with Gasteiger partial charge in [0, 0.05) is 33.7 Å². The van der Waals surface area contributed by atoms with Crippen LogP contribution in [-0.4, -0.2) is 33.7 Å². The summed E-state index contributed by atoms with van der Waals surface area (Å²) in [6.45, 7) is 15.8. The molecule has 1 saturated heterocycles. The van der Waals surface area contributed by atoms with Crippen molar-refractivity contribution in [1.82, 2.24) is 0 Å². The van der Waals surface area contributed by atoms with E-state index in [0.29, 0.717) is 0 Å². The van der Waals surface area contributed by atoms with Crippen LogP contribution in [0.15, 0.2) is 0 Å². The van der Waals surface area contributed by atoms with Crippen LogP contribution in [0, 0.1) is 0 Å². The Balaban J connectivity index is 2.71. The highest BCUT2D eigenvalue weighted by atomic mass is 28.4. The van der Waals surface area contributed by atoms with E-state index in [1.807, 2.05) is 0 Å². The fourth-order valence-corrected chi connectivity index (χ4v) is 36.2. The molecule has 2 radical (unpaired) electrons. The molecule has 1 heterocycles. The third kappa shape index (κ3) is 4.16. The first kappa shape index (κ1) is 12.9. The summed E-state index contributed by atoms with van der Waals surface area (Å²) in [5, 5.41) is 0. The molecule has 0 aliphatic carbocycles. The SMILES string of the molecule is C[Si]1C[Si](C)(C)C[Si](C)C[Si](C)(C)C1. The molecule has 0 N–H and O–H groups in total. The van der Waals surface area contributed by atoms with E-state index in [0.717, 1.165) is 0 Å². The summed E-state index contributed by atoms with van der Waals surface area (Å²) in [6, 6.07) is 0. The topological polar surface area (TPSA) is 0 Å². The Morgan fingerprint density at radius 3 is 1.07 bits per heavy atom. The summed E-state index contributed by atoms with van der Waals surface area (Å²) in [7, 11) is -1.39. The van der Waals surface area contributed by atoms with Gasteiger partial charge in [-0.1, -0.05) is 62.0 Å². The smallest absolute Gasteiger partial charge is 0.0417 e. The Morgan fingerprint density at radius 1 is 0.643 bits per heavy atom. The highest BCUT2D eigenvalue weighted by Gasteiger charge is 2.36. The predicted octanol–water partition coefficient (Wildman–Crippen LogP) is 3.82. The van der Waals surface area contributed by atoms with Gasteiger partial charge in [-0.15, -0.1) is 0 Å². The van der Waals surface area contributed by atoms with E-state index in [9.17, 15) is 0 Å². The molecular formula is C10H26Si4. The molecule has 0 aromatic carbocycles. The second kappa shape index (κ2) is 4.39. The van der Waals surface area contributed by atoms with Crippen LogP contribution in [0.4, 0.5) is 0 Å². The van der Waals surface area contributed by atoms with Crippen LogP contribution in [-0.2, 0) is 0 Å². The van der Waals surface area contributed by atoms with Gasteiger partial charge in [0.05, 0.1) is 0 Å². The Kier molecular flexibility index (Phi) is 4.06. The van der Waals surface area contributed by atoms with Gasteiger partial charge in [-0.3, -0.25) is 0 Å². The van der Waals surface area contributed by atoms with Crippen LogP contribution in [0.25, 0.3) is 0 Å². The van der Waals surface area contributed by atoms with Gasteiger partial charge >= 0.3 is 0 Å². The summed E-state index contributed by atoms with van der Waals surface area (Å²) in [5.41, 5.74) is 6.82. The van der Waals surface area contributed by atoms with Gasteiger partial charge in [0.1, 0.15) is 0 Å². The van der Waals surface area contributed by atoms with Crippen LogP contribution in [0.2, 0.25) is 62.0 Å². The van der Waals surface area contributed by atoms with Gasteiger partial charge in [-0.2, -0.15) is 0 Å². The monoisotopic (exact) mass is 258 g/mol. The summed E-state index contributed by atoms with van der Waals surface area (Å²) < 4.78 is 0. The first-order valence-electron chi connectivity index (χ1n) is 5.83. The van der Waals surface area contributed by atoms with Crippen LogP contribution < -0.4 is 0 Å². The van der Waals surface area contributed by atoms with Crippen molar-refractivity contribution in [3.05, 3.63) is 0 Å². The van der Waals surface area contributed by atoms with Gasteiger partial charge in [-0.05, 0) is 0 Å². The van der Waals surface area contributed by atoms with Gasteiger partial charge in [0.15, 0.2) is 0 Å². The molecular weight excluding hydrogens is 232 g/mol. The van der Waals surface area contributed by atoms with Crippen molar-refractivity contribution in [2.24, 2.45) is 0 Å². The maximum absolute atomic E-state index is 2.65. The molecule has 1 aliphatic rings. The molecule has 1 aliphatic heterocycles. The quantitative estimate of drug-likeness (QED) is 0.580. The minimum atomic E-state index is -0.749. The van der Waals surface area contributed by atoms with Crippen molar-refractivity contribution in [2.45, 2.75) is 62.0 Å². The zero-order valence-electron chi connectivity index (χ0n) is 10.8. The van der Waals surface area contributed by atoms with Crippen molar-refractivity contribution in [3.63, 3.8) is 0 Å². The molecule has 0 aromatic rings. The van der Waals surface area contributed by atoms with Crippen LogP contribution in [0.3, 0.4) is 0 Å². The zero-order valence-corrected chi connectivity index (χ0v) is 14.8. The lowest BCUT2D eigenvalue weighted by Gasteiger charge is -2.37. The average molecular weight is 259 g/mol. The highest BCUT2D eigenvalue weighted by Crippen LogP contribution is 2.30. The van der Waals surface area contributed by atoms with Gasteiger partial charge < -0.3 is 0 Å². The van der Waals surface area contributed by atoms with Crippen molar-refractivity contribution in [3.8, 4) is 0 Å². The maximum Gasteiger partial charge on any atom is 0.0417 e. The van der Waals surface area contributed by atoms with Crippen molar-refractivity contribution in [2.75, 3.05) is 0 Å². The van der Waals surface area contributed by atoms with E-state index < -0.39 is 16.1 Å². The van der Waals surface area contributed by atoms with Crippen LogP contribution in [0.5, 0.6) is 0 Å². The molecule has 1 rings (SSSR count). The molecule has 0 amide bonds. The van der Waals surface area contributed by atoms with Gasteiger partial charge in [0.25, 0.3) is 0 Å². The minimum absolute atomic E-state index is 0.0517. The van der Waals surface area contributed by atoms with E-state index in [2.05, 4.69) is 39.3 Å². The van der Waals surface area contributed by atoms with Gasteiger partial charge in [0.2, 0.25) is 0 Å². The predicted molar refractivity (Wildman–Crippen MR) is 77.4 cm³/mol. The van der Waals surface area contributed by atoms with Crippen molar-refractivity contribution in [1.29, 1.82) is 0 Å². The second-order valence-corrected chi connectivity index (χ2v) is 25.1. The van der Waals surface area contributed by atoms with Crippen molar-refractivity contribution < 1.29 is 0 Å². The average Bonchev–Trinajstić information content (AvgIpc) is 1.74. The van der Waals surface area contributed by atoms with E-state index in [1.54, 1.807) is 22.7 Å². The molecule has 14 heavy (non-hydrogen) atoms. The Bertz CT molecular complexity index is 162. The van der Waals surface area contributed by atoms with E-state index in [-0.39, 0.29) is 17.6 Å². The van der Waals surface area contributed by atoms with Gasteiger partial charge in [-0.25, -0.2) is 0 Å². The minimum Gasteiger partial charge on any atom is -0.0715 e. The standard InChI is InChI=1S/C10H26Si4/c1-11-7-13(3,4)9-12(2)10-14(5,6)8-11/h7-10H2,1-6H3. The lowest BCUT2D eigenvalue weighted by atomic mass is 11.7. The molecule has 0 bridgehead atoms. The molecule has 0 unspecified atom stereocenters. The van der Waals surface area contributed by atoms with E-state index >= 15 is 0 Å². The maximum atomic E-state index is 2.65. The Labute approximate surface area is 95.7 Å². The number of hydrogen-bond acceptors (Lipinski definition) is 0. The summed E-state index contributed by atoms with van der Waals surface area (Å²) in [5.74, 6) is 0. The fraction of sp³-hybridized carbons (Fsp3) is 1.00. The first-order valence-corrected chi connectivity index (χ1v) is 17.5. The van der Waals surface area contributed by atoms with E-state index in [1.165, 1.54) is 0 Å². The molecule has 0 saturated carbocycles. The second-order valence-electron chi connectivity index (χ2n) is 6.95. The molecule has 0 nitrogen and oxygen atoms in total. The molecule has 4 heteroatoms. The van der Waals surface area contributed by atoms with Crippen molar-refractivity contribution >= 4 is 33.7 Å².